The maximum absolute atomic E-state index is 12.9. The van der Waals surface area contributed by atoms with E-state index in [4.69, 9.17) is 0 Å². The molecule has 1 saturated heterocycles. The van der Waals surface area contributed by atoms with Crippen LogP contribution in [0, 0.1) is 0 Å². The molecule has 2 atom stereocenters. The van der Waals surface area contributed by atoms with Gasteiger partial charge in [0, 0.05) is 35.3 Å². The minimum Gasteiger partial charge on any atom is -0.386 e. The molecule has 0 bridgehead atoms. The molecule has 14 nitrogen and oxygen atoms in total. The van der Waals surface area contributed by atoms with E-state index < -0.39 is 47.8 Å². The van der Waals surface area contributed by atoms with Gasteiger partial charge < -0.3 is 30.7 Å². The van der Waals surface area contributed by atoms with Crippen molar-refractivity contribution in [2.75, 3.05) is 10.6 Å². The Hall–Kier alpha value is -6.96. The smallest absolute Gasteiger partial charge is 0.346 e. The minimum absolute atomic E-state index is 0.0253. The monoisotopic (exact) mass is 672 g/mol. The third kappa shape index (κ3) is 6.20. The molecule has 0 aliphatic carbocycles. The fourth-order valence-electron chi connectivity index (χ4n) is 5.74. The molecule has 50 heavy (non-hydrogen) atoms. The van der Waals surface area contributed by atoms with Crippen LogP contribution in [0.2, 0.25) is 0 Å². The Morgan fingerprint density at radius 2 is 0.860 bits per heavy atom. The molecular weight excluding hydrogens is 648 g/mol. The highest BCUT2D eigenvalue weighted by Gasteiger charge is 2.34. The van der Waals surface area contributed by atoms with Crippen molar-refractivity contribution in [3.05, 3.63) is 129 Å². The van der Waals surface area contributed by atoms with Crippen LogP contribution in [0.15, 0.2) is 84.9 Å². The molecule has 4 amide bonds. The molecule has 0 saturated carbocycles. The summed E-state index contributed by atoms with van der Waals surface area (Å²) < 4.78 is 9.11. The van der Waals surface area contributed by atoms with Crippen molar-refractivity contribution in [2.24, 2.45) is 0 Å². The van der Waals surface area contributed by atoms with Crippen molar-refractivity contribution in [2.45, 2.75) is 24.9 Å². The maximum Gasteiger partial charge on any atom is 0.346 e. The number of ether oxygens (including phenoxy) is 2. The molecular formula is C36H24N4O10. The molecule has 4 N–H and O–H groups in total. The van der Waals surface area contributed by atoms with Gasteiger partial charge in [-0.3, -0.25) is 19.2 Å². The number of rotatable bonds is 8. The van der Waals surface area contributed by atoms with Crippen LogP contribution in [0.3, 0.4) is 0 Å². The summed E-state index contributed by atoms with van der Waals surface area (Å²) in [6, 6.07) is 19.9. The summed E-state index contributed by atoms with van der Waals surface area (Å²) in [5, 5.41) is 11.0. The summed E-state index contributed by atoms with van der Waals surface area (Å²) in [6.45, 7) is 0. The number of amides is 4. The highest BCUT2D eigenvalue weighted by Crippen LogP contribution is 2.24. The summed E-state index contributed by atoms with van der Waals surface area (Å²) in [4.78, 5) is 98.2. The lowest BCUT2D eigenvalue weighted by Crippen LogP contribution is -2.62. The van der Waals surface area contributed by atoms with Crippen molar-refractivity contribution >= 4 is 58.9 Å². The predicted molar refractivity (Wildman–Crippen MR) is 172 cm³/mol. The van der Waals surface area contributed by atoms with E-state index in [0.717, 1.165) is 11.1 Å². The first kappa shape index (κ1) is 31.6. The van der Waals surface area contributed by atoms with Crippen LogP contribution in [-0.2, 0) is 31.9 Å². The van der Waals surface area contributed by atoms with Crippen LogP contribution in [0.1, 0.15) is 73.3 Å². The van der Waals surface area contributed by atoms with Crippen molar-refractivity contribution < 1.29 is 47.8 Å². The number of carbonyl (C=O) groups excluding carboxylic acids is 8. The van der Waals surface area contributed by atoms with Gasteiger partial charge in [-0.1, -0.05) is 24.3 Å². The average molecular weight is 673 g/mol. The Morgan fingerprint density at radius 1 is 0.500 bits per heavy atom. The van der Waals surface area contributed by atoms with Crippen LogP contribution in [0.4, 0.5) is 11.4 Å². The highest BCUT2D eigenvalue weighted by atomic mass is 16.6. The zero-order valence-electron chi connectivity index (χ0n) is 25.7. The molecule has 248 valence electrons. The second-order valence-electron chi connectivity index (χ2n) is 11.7. The van der Waals surface area contributed by atoms with Gasteiger partial charge in [0.05, 0.1) is 22.3 Å². The van der Waals surface area contributed by atoms with Gasteiger partial charge in [-0.2, -0.15) is 0 Å². The van der Waals surface area contributed by atoms with Gasteiger partial charge in [0.25, 0.3) is 11.8 Å². The van der Waals surface area contributed by atoms with E-state index in [2.05, 4.69) is 30.7 Å². The molecule has 0 radical (unpaired) electrons. The highest BCUT2D eigenvalue weighted by molar-refractivity contribution is 6.17. The molecule has 0 aromatic heterocycles. The number of hydrogen-bond acceptors (Lipinski definition) is 10. The summed E-state index contributed by atoms with van der Waals surface area (Å²) in [5.74, 6) is -4.84. The topological polar surface area (TPSA) is 203 Å². The van der Waals surface area contributed by atoms with E-state index in [1.807, 2.05) is 0 Å². The number of anilines is 2. The molecule has 4 aromatic carbocycles. The SMILES string of the molecule is O=C(Nc1ccc(CC2NC(=O)C(Cc3ccc(NC(=O)c4ccc5c(c4)C(=O)OC5=O)cc3)NC2=O)cc1)c1ccc2c(c1)C(=O)OC2=O. The Morgan fingerprint density at radius 3 is 1.24 bits per heavy atom. The van der Waals surface area contributed by atoms with Crippen molar-refractivity contribution in [1.29, 1.82) is 0 Å². The summed E-state index contributed by atoms with van der Waals surface area (Å²) in [6.07, 6.45) is 0.408. The molecule has 7 rings (SSSR count). The third-order valence-electron chi connectivity index (χ3n) is 8.38. The second-order valence-corrected chi connectivity index (χ2v) is 11.7. The molecule has 2 unspecified atom stereocenters. The maximum atomic E-state index is 12.9. The summed E-state index contributed by atoms with van der Waals surface area (Å²) in [5.41, 5.74) is 2.95. The average Bonchev–Trinajstić information content (AvgIpc) is 3.56. The second kappa shape index (κ2) is 12.6. The number of cyclic esters (lactones) is 4. The summed E-state index contributed by atoms with van der Waals surface area (Å²) in [7, 11) is 0. The van der Waals surface area contributed by atoms with Crippen LogP contribution < -0.4 is 21.3 Å². The fraction of sp³-hybridized carbons (Fsp3) is 0.111. The third-order valence-corrected chi connectivity index (χ3v) is 8.38. The van der Waals surface area contributed by atoms with E-state index >= 15 is 0 Å². The Labute approximate surface area is 282 Å². The lowest BCUT2D eigenvalue weighted by atomic mass is 9.98. The predicted octanol–water partition coefficient (Wildman–Crippen LogP) is 2.58. The Balaban J connectivity index is 0.905. The zero-order chi connectivity index (χ0) is 35.1. The van der Waals surface area contributed by atoms with Gasteiger partial charge in [-0.15, -0.1) is 0 Å². The number of hydrogen-bond donors (Lipinski definition) is 4. The van der Waals surface area contributed by atoms with Crippen molar-refractivity contribution in [3.8, 4) is 0 Å². The number of benzene rings is 4. The fourth-order valence-corrected chi connectivity index (χ4v) is 5.74. The number of fused-ring (bicyclic) bond motifs is 2. The van der Waals surface area contributed by atoms with E-state index in [1.165, 1.54) is 36.4 Å². The van der Waals surface area contributed by atoms with Crippen molar-refractivity contribution in [3.63, 3.8) is 0 Å². The van der Waals surface area contributed by atoms with Gasteiger partial charge in [-0.25, -0.2) is 19.2 Å². The van der Waals surface area contributed by atoms with Crippen LogP contribution in [0.25, 0.3) is 0 Å². The number of carbonyl (C=O) groups is 8. The number of piperazine rings is 1. The van der Waals surface area contributed by atoms with Gasteiger partial charge in [0.2, 0.25) is 11.8 Å². The van der Waals surface area contributed by atoms with Crippen LogP contribution >= 0.6 is 0 Å². The van der Waals surface area contributed by atoms with Crippen LogP contribution in [-0.4, -0.2) is 59.6 Å². The normalized spacial score (nSPS) is 17.6. The standard InChI is InChI=1S/C36H24N4O10/c41-29(19-5-11-23-25(15-19)35(47)49-33(23)45)37-21-7-1-17(2-8-21)13-27-31(43)40-28(32(44)39-27)14-18-3-9-22(10-4-18)38-30(42)20-6-12-24-26(16-20)36(48)50-34(24)46/h1-12,15-16,27-28H,13-14H2,(H,37,41)(H,38,42)(H,39,44)(H,40,43). The van der Waals surface area contributed by atoms with Gasteiger partial charge >= 0.3 is 23.9 Å². The van der Waals surface area contributed by atoms with E-state index in [9.17, 15) is 38.4 Å². The molecule has 0 spiro atoms. The lowest BCUT2D eigenvalue weighted by molar-refractivity contribution is -0.136. The molecule has 1 fully saturated rings. The molecule has 14 heteroatoms. The number of esters is 4. The largest absolute Gasteiger partial charge is 0.386 e. The molecule has 3 aliphatic heterocycles. The van der Waals surface area contributed by atoms with E-state index in [1.54, 1.807) is 48.5 Å². The van der Waals surface area contributed by atoms with Gasteiger partial charge in [0.15, 0.2) is 0 Å². The lowest BCUT2D eigenvalue weighted by Gasteiger charge is -2.30. The van der Waals surface area contributed by atoms with E-state index in [0.29, 0.717) is 11.4 Å². The first-order chi connectivity index (χ1) is 24.0. The van der Waals surface area contributed by atoms with E-state index in [-0.39, 0.29) is 58.0 Å². The molecule has 4 aromatic rings. The van der Waals surface area contributed by atoms with Crippen molar-refractivity contribution in [1.82, 2.24) is 10.6 Å². The zero-order valence-corrected chi connectivity index (χ0v) is 25.7. The van der Waals surface area contributed by atoms with Gasteiger partial charge in [0.1, 0.15) is 12.1 Å². The number of nitrogens with one attached hydrogen (secondary N) is 4. The first-order valence-electron chi connectivity index (χ1n) is 15.2. The van der Waals surface area contributed by atoms with Crippen LogP contribution in [0.5, 0.6) is 0 Å². The summed E-state index contributed by atoms with van der Waals surface area (Å²) >= 11 is 0. The first-order valence-corrected chi connectivity index (χ1v) is 15.2. The Kier molecular flexibility index (Phi) is 7.95. The minimum atomic E-state index is -0.815. The molecule has 3 aliphatic rings. The molecule has 3 heterocycles. The van der Waals surface area contributed by atoms with Gasteiger partial charge in [-0.05, 0) is 71.8 Å². The Bertz CT molecular complexity index is 2020. The quantitative estimate of drug-likeness (QED) is 0.159.